The SMILES string of the molecule is O[C@@]1(c2ccc(F)cc2)C[N+]2=C(CCCCC2)N1c1ccc(Br)cc1. The van der Waals surface area contributed by atoms with Crippen molar-refractivity contribution >= 4 is 27.5 Å². The summed E-state index contributed by atoms with van der Waals surface area (Å²) in [6.07, 6.45) is 4.41. The summed E-state index contributed by atoms with van der Waals surface area (Å²) in [5.74, 6) is 0.870. The van der Waals surface area contributed by atoms with E-state index < -0.39 is 5.72 Å². The van der Waals surface area contributed by atoms with E-state index >= 15 is 0 Å². The van der Waals surface area contributed by atoms with E-state index in [1.165, 1.54) is 18.6 Å². The van der Waals surface area contributed by atoms with Gasteiger partial charge in [-0.1, -0.05) is 15.9 Å². The number of hydrogen-bond donors (Lipinski definition) is 1. The maximum absolute atomic E-state index is 13.4. The highest BCUT2D eigenvalue weighted by Crippen LogP contribution is 2.38. The number of nitrogens with zero attached hydrogens (tertiary/aromatic N) is 2. The van der Waals surface area contributed by atoms with Crippen LogP contribution in [0.5, 0.6) is 0 Å². The molecule has 2 aromatic rings. The molecule has 0 saturated carbocycles. The fourth-order valence-corrected chi connectivity index (χ4v) is 4.18. The number of anilines is 1. The molecule has 0 bridgehead atoms. The molecule has 1 atom stereocenters. The zero-order valence-electron chi connectivity index (χ0n) is 14.0. The molecule has 0 unspecified atom stereocenters. The Bertz CT molecular complexity index is 803. The second-order valence-electron chi connectivity index (χ2n) is 6.78. The third-order valence-corrected chi connectivity index (χ3v) is 5.65. The minimum atomic E-state index is -1.19. The van der Waals surface area contributed by atoms with Crippen molar-refractivity contribution < 1.29 is 14.1 Å². The summed E-state index contributed by atoms with van der Waals surface area (Å²) < 4.78 is 16.7. The molecule has 2 aliphatic rings. The largest absolute Gasteiger partial charge is 0.346 e. The molecule has 5 heteroatoms. The van der Waals surface area contributed by atoms with Crippen molar-refractivity contribution in [2.45, 2.75) is 31.4 Å². The summed E-state index contributed by atoms with van der Waals surface area (Å²) in [6.45, 7) is 1.45. The molecule has 0 saturated heterocycles. The van der Waals surface area contributed by atoms with E-state index in [4.69, 9.17) is 0 Å². The highest BCUT2D eigenvalue weighted by atomic mass is 79.9. The first-order valence-corrected chi connectivity index (χ1v) is 9.52. The van der Waals surface area contributed by atoms with Gasteiger partial charge in [-0.15, -0.1) is 0 Å². The summed E-state index contributed by atoms with van der Waals surface area (Å²) in [5, 5.41) is 11.7. The predicted molar refractivity (Wildman–Crippen MR) is 100 cm³/mol. The van der Waals surface area contributed by atoms with Gasteiger partial charge in [0.1, 0.15) is 11.5 Å². The van der Waals surface area contributed by atoms with Crippen molar-refractivity contribution in [1.82, 2.24) is 0 Å². The van der Waals surface area contributed by atoms with E-state index in [9.17, 15) is 9.50 Å². The molecule has 0 aromatic heterocycles. The maximum Gasteiger partial charge on any atom is 0.275 e. The maximum atomic E-state index is 13.4. The molecule has 2 aromatic carbocycles. The first kappa shape index (κ1) is 16.7. The van der Waals surface area contributed by atoms with Crippen LogP contribution >= 0.6 is 15.9 Å². The highest BCUT2D eigenvalue weighted by molar-refractivity contribution is 9.10. The Balaban J connectivity index is 1.83. The first-order chi connectivity index (χ1) is 12.1. The molecule has 0 amide bonds. The summed E-state index contributed by atoms with van der Waals surface area (Å²) in [6, 6.07) is 14.2. The third-order valence-electron chi connectivity index (χ3n) is 5.12. The van der Waals surface area contributed by atoms with Crippen molar-refractivity contribution in [3.8, 4) is 0 Å². The Labute approximate surface area is 155 Å². The fraction of sp³-hybridized carbons (Fsp3) is 0.350. The average Bonchev–Trinajstić information content (AvgIpc) is 2.74. The fourth-order valence-electron chi connectivity index (χ4n) is 3.91. The van der Waals surface area contributed by atoms with Gasteiger partial charge in [-0.3, -0.25) is 4.58 Å². The molecule has 0 aliphatic carbocycles. The summed E-state index contributed by atoms with van der Waals surface area (Å²) in [5.41, 5.74) is 0.487. The molecule has 2 heterocycles. The molecular weight excluding hydrogens is 383 g/mol. The van der Waals surface area contributed by atoms with Crippen LogP contribution in [0.15, 0.2) is 53.0 Å². The van der Waals surface area contributed by atoms with Gasteiger partial charge in [-0.05, 0) is 67.8 Å². The van der Waals surface area contributed by atoms with Crippen LogP contribution in [0.2, 0.25) is 0 Å². The van der Waals surface area contributed by atoms with E-state index in [1.54, 1.807) is 12.1 Å². The van der Waals surface area contributed by atoms with Crippen LogP contribution in [0.4, 0.5) is 10.1 Å². The second-order valence-corrected chi connectivity index (χ2v) is 7.70. The molecule has 130 valence electrons. The number of rotatable bonds is 2. The lowest BCUT2D eigenvalue weighted by atomic mass is 10.00. The average molecular weight is 404 g/mol. The van der Waals surface area contributed by atoms with Crippen molar-refractivity contribution in [2.24, 2.45) is 0 Å². The third kappa shape index (κ3) is 3.00. The van der Waals surface area contributed by atoms with Crippen LogP contribution in [-0.2, 0) is 5.72 Å². The van der Waals surface area contributed by atoms with Gasteiger partial charge in [0, 0.05) is 16.5 Å². The lowest BCUT2D eigenvalue weighted by molar-refractivity contribution is -0.534. The van der Waals surface area contributed by atoms with E-state index in [0.29, 0.717) is 6.54 Å². The summed E-state index contributed by atoms with van der Waals surface area (Å²) >= 11 is 3.48. The topological polar surface area (TPSA) is 26.5 Å². The van der Waals surface area contributed by atoms with Crippen LogP contribution < -0.4 is 4.90 Å². The van der Waals surface area contributed by atoms with Gasteiger partial charge in [0.15, 0.2) is 6.54 Å². The Morgan fingerprint density at radius 3 is 2.44 bits per heavy atom. The monoisotopic (exact) mass is 403 g/mol. The van der Waals surface area contributed by atoms with Crippen LogP contribution in [0.1, 0.15) is 31.2 Å². The number of aliphatic hydroxyl groups is 1. The molecule has 1 N–H and O–H groups in total. The smallest absolute Gasteiger partial charge is 0.275 e. The molecule has 25 heavy (non-hydrogen) atoms. The molecular formula is C20H21BrFN2O+. The van der Waals surface area contributed by atoms with Gasteiger partial charge in [0.2, 0.25) is 0 Å². The molecule has 0 fully saturated rings. The zero-order valence-corrected chi connectivity index (χ0v) is 15.5. The van der Waals surface area contributed by atoms with Crippen LogP contribution in [-0.4, -0.2) is 28.6 Å². The lowest BCUT2D eigenvalue weighted by Crippen LogP contribution is -2.47. The molecule has 0 spiro atoms. The van der Waals surface area contributed by atoms with E-state index in [-0.39, 0.29) is 5.82 Å². The van der Waals surface area contributed by atoms with Crippen LogP contribution in [0, 0.1) is 5.82 Å². The number of amidine groups is 1. The number of hydrogen-bond acceptors (Lipinski definition) is 2. The molecule has 3 nitrogen and oxygen atoms in total. The van der Waals surface area contributed by atoms with Crippen LogP contribution in [0.25, 0.3) is 0 Å². The quantitative estimate of drug-likeness (QED) is 0.759. The van der Waals surface area contributed by atoms with E-state index in [1.807, 2.05) is 29.2 Å². The minimum Gasteiger partial charge on any atom is -0.346 e. The van der Waals surface area contributed by atoms with E-state index in [2.05, 4.69) is 20.5 Å². The van der Waals surface area contributed by atoms with Crippen LogP contribution in [0.3, 0.4) is 0 Å². The van der Waals surface area contributed by atoms with Gasteiger partial charge >= 0.3 is 0 Å². The zero-order chi connectivity index (χ0) is 17.4. The Morgan fingerprint density at radius 1 is 1.00 bits per heavy atom. The summed E-state index contributed by atoms with van der Waals surface area (Å²) in [7, 11) is 0. The Morgan fingerprint density at radius 2 is 1.72 bits per heavy atom. The van der Waals surface area contributed by atoms with Gasteiger partial charge < -0.3 is 5.11 Å². The van der Waals surface area contributed by atoms with Crippen molar-refractivity contribution in [2.75, 3.05) is 18.0 Å². The standard InChI is InChI=1S/C20H21BrFN2O/c21-16-7-11-18(12-8-16)24-19-4-2-1-3-13-23(19)14-20(24,25)15-5-9-17(22)10-6-15/h5-12,25H,1-4,13-14H2/q+1/t20-/m1/s1. The normalized spacial score (nSPS) is 23.6. The lowest BCUT2D eigenvalue weighted by Gasteiger charge is -2.29. The first-order valence-electron chi connectivity index (χ1n) is 8.73. The Hall–Kier alpha value is -1.72. The molecule has 4 rings (SSSR count). The van der Waals surface area contributed by atoms with Gasteiger partial charge in [0.25, 0.3) is 11.6 Å². The van der Waals surface area contributed by atoms with Gasteiger partial charge in [0.05, 0.1) is 6.54 Å². The van der Waals surface area contributed by atoms with Gasteiger partial charge in [-0.2, -0.15) is 4.90 Å². The van der Waals surface area contributed by atoms with Crippen molar-refractivity contribution in [3.05, 3.63) is 64.4 Å². The predicted octanol–water partition coefficient (Wildman–Crippen LogP) is 4.24. The summed E-state index contributed by atoms with van der Waals surface area (Å²) in [4.78, 5) is 2.04. The van der Waals surface area contributed by atoms with Crippen molar-refractivity contribution in [1.29, 1.82) is 0 Å². The number of halogens is 2. The van der Waals surface area contributed by atoms with E-state index in [0.717, 1.165) is 47.4 Å². The second kappa shape index (κ2) is 6.54. The van der Waals surface area contributed by atoms with Crippen molar-refractivity contribution in [3.63, 3.8) is 0 Å². The Kier molecular flexibility index (Phi) is 4.38. The van der Waals surface area contributed by atoms with Gasteiger partial charge in [-0.25, -0.2) is 4.39 Å². The highest BCUT2D eigenvalue weighted by Gasteiger charge is 2.53. The molecule has 0 radical (unpaired) electrons. The number of benzene rings is 2. The molecule has 2 aliphatic heterocycles. The minimum absolute atomic E-state index is 0.289.